The van der Waals surface area contributed by atoms with Gasteiger partial charge in [0.2, 0.25) is 5.95 Å². The highest BCUT2D eigenvalue weighted by Crippen LogP contribution is 2.26. The van der Waals surface area contributed by atoms with Crippen LogP contribution in [0.3, 0.4) is 0 Å². The molecule has 1 aliphatic rings. The van der Waals surface area contributed by atoms with E-state index in [-0.39, 0.29) is 5.69 Å². The minimum Gasteiger partial charge on any atom is -0.338 e. The molecule has 1 aromatic heterocycles. The fraction of sp³-hybridized carbons (Fsp3) is 0.200. The second kappa shape index (κ2) is 6.90. The Morgan fingerprint density at radius 2 is 1.74 bits per heavy atom. The monoisotopic (exact) mass is 370 g/mol. The van der Waals surface area contributed by atoms with Crippen LogP contribution in [0, 0.1) is 24.4 Å². The number of nitrogens with one attached hydrogen (secondary N) is 1. The van der Waals surface area contributed by atoms with E-state index in [4.69, 9.17) is 0 Å². The Labute approximate surface area is 154 Å². The summed E-state index contributed by atoms with van der Waals surface area (Å²) in [6, 6.07) is 11.9. The summed E-state index contributed by atoms with van der Waals surface area (Å²) in [5, 5.41) is 2.72. The van der Waals surface area contributed by atoms with Gasteiger partial charge in [-0.15, -0.1) is 0 Å². The number of aryl methyl sites for hydroxylation is 1. The molecular formula is C20H17F3N4. The summed E-state index contributed by atoms with van der Waals surface area (Å²) < 4.78 is 40.5. The zero-order valence-electron chi connectivity index (χ0n) is 14.6. The lowest BCUT2D eigenvalue weighted by Gasteiger charge is -2.29. The van der Waals surface area contributed by atoms with Crippen molar-refractivity contribution in [2.75, 3.05) is 16.8 Å². The molecule has 4 rings (SSSR count). The first-order valence-electron chi connectivity index (χ1n) is 8.59. The first-order chi connectivity index (χ1) is 13.0. The maximum Gasteiger partial charge on any atom is 0.227 e. The number of benzene rings is 2. The fourth-order valence-electron chi connectivity index (χ4n) is 3.19. The molecule has 0 aliphatic carbocycles. The summed E-state index contributed by atoms with van der Waals surface area (Å²) in [4.78, 5) is 11.0. The quantitative estimate of drug-likeness (QED) is 0.689. The number of anilines is 3. The third-order valence-electron chi connectivity index (χ3n) is 4.55. The smallest absolute Gasteiger partial charge is 0.227 e. The molecule has 1 N–H and O–H groups in total. The number of hydrogen-bond donors (Lipinski definition) is 1. The van der Waals surface area contributed by atoms with Crippen molar-refractivity contribution in [3.8, 4) is 0 Å². The summed E-state index contributed by atoms with van der Waals surface area (Å²) in [6.45, 7) is 3.24. The van der Waals surface area contributed by atoms with Gasteiger partial charge in [0.05, 0.1) is 5.69 Å². The van der Waals surface area contributed by atoms with Crippen LogP contribution >= 0.6 is 0 Å². The molecule has 0 amide bonds. The molecule has 0 saturated carbocycles. The van der Waals surface area contributed by atoms with Gasteiger partial charge in [0.25, 0.3) is 0 Å². The van der Waals surface area contributed by atoms with E-state index in [0.29, 0.717) is 24.0 Å². The van der Waals surface area contributed by atoms with Crippen molar-refractivity contribution in [3.05, 3.63) is 76.7 Å². The van der Waals surface area contributed by atoms with E-state index in [1.807, 2.05) is 17.0 Å². The Morgan fingerprint density at radius 1 is 0.963 bits per heavy atom. The molecular weight excluding hydrogens is 353 g/mol. The van der Waals surface area contributed by atoms with Crippen molar-refractivity contribution < 1.29 is 13.2 Å². The molecule has 138 valence electrons. The minimum atomic E-state index is -1.52. The van der Waals surface area contributed by atoms with E-state index in [9.17, 15) is 13.2 Å². The van der Waals surface area contributed by atoms with E-state index < -0.39 is 17.5 Å². The summed E-state index contributed by atoms with van der Waals surface area (Å²) in [5.41, 5.74) is 3.03. The molecule has 7 heteroatoms. The van der Waals surface area contributed by atoms with E-state index >= 15 is 0 Å². The Morgan fingerprint density at radius 3 is 2.56 bits per heavy atom. The zero-order chi connectivity index (χ0) is 19.0. The van der Waals surface area contributed by atoms with Crippen LogP contribution in [0.2, 0.25) is 0 Å². The molecule has 3 aromatic rings. The van der Waals surface area contributed by atoms with Gasteiger partial charge in [-0.1, -0.05) is 24.3 Å². The lowest BCUT2D eigenvalue weighted by atomic mass is 10.0. The van der Waals surface area contributed by atoms with Crippen molar-refractivity contribution in [3.63, 3.8) is 0 Å². The Hall–Kier alpha value is -3.09. The molecule has 0 spiro atoms. The summed E-state index contributed by atoms with van der Waals surface area (Å²) in [7, 11) is 0. The van der Waals surface area contributed by atoms with Crippen LogP contribution < -0.4 is 10.2 Å². The van der Waals surface area contributed by atoms with Crippen molar-refractivity contribution in [2.45, 2.75) is 19.9 Å². The fourth-order valence-corrected chi connectivity index (χ4v) is 3.19. The van der Waals surface area contributed by atoms with Gasteiger partial charge in [-0.2, -0.15) is 4.98 Å². The summed E-state index contributed by atoms with van der Waals surface area (Å²) in [6.07, 6.45) is 0.883. The molecule has 27 heavy (non-hydrogen) atoms. The second-order valence-corrected chi connectivity index (χ2v) is 6.48. The van der Waals surface area contributed by atoms with Gasteiger partial charge in [-0.3, -0.25) is 0 Å². The number of rotatable bonds is 3. The first kappa shape index (κ1) is 17.3. The maximum absolute atomic E-state index is 13.9. The van der Waals surface area contributed by atoms with E-state index in [0.717, 1.165) is 25.1 Å². The third kappa shape index (κ3) is 3.45. The highest BCUT2D eigenvalue weighted by atomic mass is 19.2. The average Bonchev–Trinajstić information content (AvgIpc) is 2.67. The van der Waals surface area contributed by atoms with Gasteiger partial charge in [0, 0.05) is 24.8 Å². The van der Waals surface area contributed by atoms with Gasteiger partial charge in [0.1, 0.15) is 5.82 Å². The number of hydrogen-bond acceptors (Lipinski definition) is 4. The maximum atomic E-state index is 13.9. The van der Waals surface area contributed by atoms with Gasteiger partial charge in [0.15, 0.2) is 17.5 Å². The lowest BCUT2D eigenvalue weighted by Crippen LogP contribution is -2.32. The van der Waals surface area contributed by atoms with Crippen LogP contribution in [0.25, 0.3) is 0 Å². The van der Waals surface area contributed by atoms with E-state index in [1.165, 1.54) is 11.1 Å². The molecule has 2 heterocycles. The Kier molecular flexibility index (Phi) is 4.43. The second-order valence-electron chi connectivity index (χ2n) is 6.48. The van der Waals surface area contributed by atoms with E-state index in [2.05, 4.69) is 27.4 Å². The Bertz CT molecular complexity index is 1010. The van der Waals surface area contributed by atoms with Crippen LogP contribution in [0.15, 0.2) is 42.5 Å². The lowest BCUT2D eigenvalue weighted by molar-refractivity contribution is 0.449. The minimum absolute atomic E-state index is 0.179. The Balaban J connectivity index is 1.62. The van der Waals surface area contributed by atoms with Crippen molar-refractivity contribution in [1.82, 2.24) is 9.97 Å². The van der Waals surface area contributed by atoms with Crippen molar-refractivity contribution in [1.29, 1.82) is 0 Å². The number of fused-ring (bicyclic) bond motifs is 1. The van der Waals surface area contributed by atoms with Crippen molar-refractivity contribution >= 4 is 17.5 Å². The molecule has 0 fully saturated rings. The summed E-state index contributed by atoms with van der Waals surface area (Å²) >= 11 is 0. The van der Waals surface area contributed by atoms with Gasteiger partial charge < -0.3 is 10.2 Å². The molecule has 0 atom stereocenters. The van der Waals surface area contributed by atoms with Crippen LogP contribution in [0.1, 0.15) is 16.8 Å². The highest BCUT2D eigenvalue weighted by Gasteiger charge is 2.19. The van der Waals surface area contributed by atoms with Crippen LogP contribution in [0.4, 0.5) is 30.6 Å². The van der Waals surface area contributed by atoms with Gasteiger partial charge in [-0.05, 0) is 36.6 Å². The highest BCUT2D eigenvalue weighted by molar-refractivity contribution is 5.59. The molecule has 0 radical (unpaired) electrons. The molecule has 4 nitrogen and oxygen atoms in total. The number of halogens is 3. The first-order valence-corrected chi connectivity index (χ1v) is 8.59. The molecule has 1 aliphatic heterocycles. The SMILES string of the molecule is Cc1cc(Nc2ccc(F)c(F)c2F)nc(N2CCc3ccccc3C2)n1. The molecule has 0 bridgehead atoms. The normalized spacial score (nSPS) is 13.4. The predicted octanol–water partition coefficient (Wildman–Crippen LogP) is 4.51. The number of aromatic nitrogens is 2. The summed E-state index contributed by atoms with van der Waals surface area (Å²) in [5.74, 6) is -3.20. The van der Waals surface area contributed by atoms with Gasteiger partial charge in [-0.25, -0.2) is 18.2 Å². The van der Waals surface area contributed by atoms with Gasteiger partial charge >= 0.3 is 0 Å². The average molecular weight is 370 g/mol. The predicted molar refractivity (Wildman–Crippen MR) is 97.6 cm³/mol. The molecule has 2 aromatic carbocycles. The third-order valence-corrected chi connectivity index (χ3v) is 4.55. The zero-order valence-corrected chi connectivity index (χ0v) is 14.6. The van der Waals surface area contributed by atoms with E-state index in [1.54, 1.807) is 13.0 Å². The molecule has 0 saturated heterocycles. The van der Waals surface area contributed by atoms with Crippen LogP contribution in [0.5, 0.6) is 0 Å². The van der Waals surface area contributed by atoms with Crippen LogP contribution in [-0.2, 0) is 13.0 Å². The van der Waals surface area contributed by atoms with Crippen molar-refractivity contribution in [2.24, 2.45) is 0 Å². The largest absolute Gasteiger partial charge is 0.338 e. The standard InChI is InChI=1S/C20H17F3N4/c1-12-10-17(25-16-7-6-15(21)18(22)19(16)23)26-20(24-12)27-9-8-13-4-2-3-5-14(13)11-27/h2-7,10H,8-9,11H2,1H3,(H,24,25,26). The number of nitrogens with zero attached hydrogens (tertiary/aromatic N) is 3. The topological polar surface area (TPSA) is 41.1 Å². The molecule has 0 unspecified atom stereocenters. The van der Waals surface area contributed by atoms with Crippen LogP contribution in [-0.4, -0.2) is 16.5 Å².